The van der Waals surface area contributed by atoms with Crippen LogP contribution in [0.25, 0.3) is 0 Å². The fraction of sp³-hybridized carbons (Fsp3) is 0.692. The van der Waals surface area contributed by atoms with Crippen LogP contribution < -0.4 is 4.90 Å². The van der Waals surface area contributed by atoms with E-state index in [9.17, 15) is 9.90 Å². The number of aryl methyl sites for hydroxylation is 1. The summed E-state index contributed by atoms with van der Waals surface area (Å²) in [7, 11) is 0. The number of nitrogens with zero attached hydrogens (tertiary/aromatic N) is 2. The molecule has 1 aromatic rings. The van der Waals surface area contributed by atoms with Gasteiger partial charge in [0.25, 0.3) is 0 Å². The lowest BCUT2D eigenvalue weighted by Gasteiger charge is -2.33. The molecule has 2 fully saturated rings. The first-order chi connectivity index (χ1) is 9.15. The minimum absolute atomic E-state index is 0.0766. The molecule has 3 rings (SSSR count). The molecule has 0 aliphatic carbocycles. The molecule has 2 aliphatic rings. The Labute approximate surface area is 116 Å². The number of aliphatic carboxylic acids is 1. The lowest BCUT2D eigenvalue weighted by molar-refractivity contribution is -0.157. The van der Waals surface area contributed by atoms with Crippen LogP contribution in [0.2, 0.25) is 0 Å². The van der Waals surface area contributed by atoms with Crippen LogP contribution in [0, 0.1) is 11.3 Å². The van der Waals surface area contributed by atoms with E-state index in [1.807, 2.05) is 0 Å². The minimum atomic E-state index is -0.685. The van der Waals surface area contributed by atoms with Gasteiger partial charge in [0, 0.05) is 31.0 Å². The summed E-state index contributed by atoms with van der Waals surface area (Å²) in [5.41, 5.74) is 0.437. The Hall–Kier alpha value is -1.14. The number of hydrogen-bond donors (Lipinski definition) is 1. The monoisotopic (exact) mass is 282 g/mol. The number of aromatic nitrogens is 1. The molecular formula is C13H18N2O3S. The number of fused-ring (bicyclic) bond motifs is 1. The van der Waals surface area contributed by atoms with Crippen molar-refractivity contribution in [2.45, 2.75) is 19.8 Å². The third-order valence-corrected chi connectivity index (χ3v) is 5.26. The Balaban J connectivity index is 1.85. The summed E-state index contributed by atoms with van der Waals surface area (Å²) in [6.45, 7) is 4.48. The van der Waals surface area contributed by atoms with E-state index in [4.69, 9.17) is 4.74 Å². The number of anilines is 1. The summed E-state index contributed by atoms with van der Waals surface area (Å²) in [5, 5.41) is 12.6. The summed E-state index contributed by atoms with van der Waals surface area (Å²) in [6.07, 6.45) is 1.52. The van der Waals surface area contributed by atoms with Crippen LogP contribution in [0.4, 0.5) is 5.13 Å². The molecule has 0 unspecified atom stereocenters. The van der Waals surface area contributed by atoms with Gasteiger partial charge in [-0.1, -0.05) is 6.92 Å². The molecule has 0 bridgehead atoms. The molecule has 1 N–H and O–H groups in total. The Bertz CT molecular complexity index is 490. The highest BCUT2D eigenvalue weighted by atomic mass is 32.1. The number of hydrogen-bond acceptors (Lipinski definition) is 5. The molecule has 2 aliphatic heterocycles. The zero-order valence-electron chi connectivity index (χ0n) is 11.0. The summed E-state index contributed by atoms with van der Waals surface area (Å²) < 4.78 is 5.46. The topological polar surface area (TPSA) is 62.7 Å². The van der Waals surface area contributed by atoms with Gasteiger partial charge in [0.1, 0.15) is 0 Å². The molecule has 2 saturated heterocycles. The highest BCUT2D eigenvalue weighted by Crippen LogP contribution is 2.44. The molecule has 19 heavy (non-hydrogen) atoms. The van der Waals surface area contributed by atoms with Gasteiger partial charge in [0.2, 0.25) is 0 Å². The maximum Gasteiger partial charge on any atom is 0.311 e. The van der Waals surface area contributed by atoms with Gasteiger partial charge in [-0.3, -0.25) is 4.79 Å². The van der Waals surface area contributed by atoms with Gasteiger partial charge in [-0.25, -0.2) is 4.98 Å². The first kappa shape index (κ1) is 12.9. The number of thiazole rings is 1. The fourth-order valence-electron chi connectivity index (χ4n) is 3.05. The van der Waals surface area contributed by atoms with Gasteiger partial charge in [-0.15, -0.1) is 11.3 Å². The minimum Gasteiger partial charge on any atom is -0.481 e. The van der Waals surface area contributed by atoms with E-state index in [1.165, 1.54) is 0 Å². The maximum atomic E-state index is 11.7. The zero-order valence-corrected chi connectivity index (χ0v) is 11.8. The van der Waals surface area contributed by atoms with Gasteiger partial charge in [-0.2, -0.15) is 0 Å². The van der Waals surface area contributed by atoms with Gasteiger partial charge >= 0.3 is 5.97 Å². The van der Waals surface area contributed by atoms with E-state index in [0.29, 0.717) is 26.2 Å². The van der Waals surface area contributed by atoms with Crippen molar-refractivity contribution in [3.05, 3.63) is 11.1 Å². The molecule has 2 atom stereocenters. The molecule has 5 nitrogen and oxygen atoms in total. The largest absolute Gasteiger partial charge is 0.481 e. The van der Waals surface area contributed by atoms with Crippen molar-refractivity contribution in [2.75, 3.05) is 31.2 Å². The molecule has 1 aromatic heterocycles. The van der Waals surface area contributed by atoms with Crippen molar-refractivity contribution in [2.24, 2.45) is 11.3 Å². The molecule has 0 saturated carbocycles. The maximum absolute atomic E-state index is 11.7. The van der Waals surface area contributed by atoms with Crippen molar-refractivity contribution in [1.29, 1.82) is 0 Å². The molecule has 0 aromatic carbocycles. The Morgan fingerprint density at radius 3 is 3.21 bits per heavy atom. The number of carboxylic acids is 1. The van der Waals surface area contributed by atoms with Crippen LogP contribution in [-0.4, -0.2) is 42.4 Å². The highest BCUT2D eigenvalue weighted by molar-refractivity contribution is 7.13. The average molecular weight is 282 g/mol. The van der Waals surface area contributed by atoms with E-state index in [1.54, 1.807) is 11.3 Å². The normalized spacial score (nSPS) is 30.4. The first-order valence-electron chi connectivity index (χ1n) is 6.66. The van der Waals surface area contributed by atoms with Crippen molar-refractivity contribution in [3.8, 4) is 0 Å². The number of carbonyl (C=O) groups is 1. The van der Waals surface area contributed by atoms with E-state index in [-0.39, 0.29) is 5.92 Å². The number of ether oxygens (including phenoxy) is 1. The smallest absolute Gasteiger partial charge is 0.311 e. The van der Waals surface area contributed by atoms with Crippen LogP contribution >= 0.6 is 11.3 Å². The Morgan fingerprint density at radius 2 is 2.58 bits per heavy atom. The quantitative estimate of drug-likeness (QED) is 0.913. The van der Waals surface area contributed by atoms with Gasteiger partial charge in [0.15, 0.2) is 5.13 Å². The number of carboxylic acid groups (broad SMARTS) is 1. The van der Waals surface area contributed by atoms with E-state index >= 15 is 0 Å². The highest BCUT2D eigenvalue weighted by Gasteiger charge is 2.54. The van der Waals surface area contributed by atoms with E-state index < -0.39 is 11.4 Å². The van der Waals surface area contributed by atoms with Crippen LogP contribution in [0.1, 0.15) is 19.0 Å². The van der Waals surface area contributed by atoms with Crippen molar-refractivity contribution < 1.29 is 14.6 Å². The Morgan fingerprint density at radius 1 is 1.74 bits per heavy atom. The van der Waals surface area contributed by atoms with Crippen LogP contribution in [-0.2, 0) is 16.0 Å². The average Bonchev–Trinajstić information content (AvgIpc) is 3.03. The summed E-state index contributed by atoms with van der Waals surface area (Å²) >= 11 is 1.61. The standard InChI is InChI=1S/C13H18N2O3S/c1-2-10-7-19-12(14-10)15-5-9-6-18-4-3-13(9,8-15)11(16)17/h7,9H,2-6,8H2,1H3,(H,16,17)/t9-,13+/m1/s1. The van der Waals surface area contributed by atoms with Crippen molar-refractivity contribution in [1.82, 2.24) is 4.98 Å². The lowest BCUT2D eigenvalue weighted by Crippen LogP contribution is -2.44. The fourth-order valence-corrected chi connectivity index (χ4v) is 3.97. The summed E-state index contributed by atoms with van der Waals surface area (Å²) in [5.74, 6) is -0.608. The predicted molar refractivity (Wildman–Crippen MR) is 72.7 cm³/mol. The summed E-state index contributed by atoms with van der Waals surface area (Å²) in [4.78, 5) is 18.4. The molecule has 6 heteroatoms. The third-order valence-electron chi connectivity index (χ3n) is 4.31. The summed E-state index contributed by atoms with van der Waals surface area (Å²) in [6, 6.07) is 0. The second-order valence-corrected chi connectivity index (χ2v) is 6.18. The number of rotatable bonds is 3. The molecule has 0 radical (unpaired) electrons. The van der Waals surface area contributed by atoms with E-state index in [2.05, 4.69) is 22.2 Å². The van der Waals surface area contributed by atoms with Crippen LogP contribution in [0.15, 0.2) is 5.38 Å². The molecule has 104 valence electrons. The molecule has 0 spiro atoms. The SMILES string of the molecule is CCc1csc(N2C[C@@H]3COCC[C@]3(C(=O)O)C2)n1. The van der Waals surface area contributed by atoms with Crippen LogP contribution in [0.5, 0.6) is 0 Å². The van der Waals surface area contributed by atoms with Gasteiger partial charge < -0.3 is 14.7 Å². The van der Waals surface area contributed by atoms with Crippen LogP contribution in [0.3, 0.4) is 0 Å². The zero-order chi connectivity index (χ0) is 13.5. The molecule has 3 heterocycles. The molecule has 0 amide bonds. The first-order valence-corrected chi connectivity index (χ1v) is 7.54. The van der Waals surface area contributed by atoms with Crippen molar-refractivity contribution in [3.63, 3.8) is 0 Å². The lowest BCUT2D eigenvalue weighted by atomic mass is 9.74. The Kier molecular flexibility index (Phi) is 3.22. The third kappa shape index (κ3) is 2.03. The van der Waals surface area contributed by atoms with E-state index in [0.717, 1.165) is 23.8 Å². The second-order valence-electron chi connectivity index (χ2n) is 5.34. The van der Waals surface area contributed by atoms with Crippen molar-refractivity contribution >= 4 is 22.4 Å². The predicted octanol–water partition coefficient (Wildman–Crippen LogP) is 1.63. The molecular weight excluding hydrogens is 264 g/mol. The van der Waals surface area contributed by atoms with Gasteiger partial charge in [0.05, 0.1) is 17.7 Å². The van der Waals surface area contributed by atoms with Gasteiger partial charge in [-0.05, 0) is 12.8 Å². The second kappa shape index (κ2) is 4.76.